The lowest BCUT2D eigenvalue weighted by Crippen LogP contribution is -2.09. The van der Waals surface area contributed by atoms with Gasteiger partial charge in [0.1, 0.15) is 6.61 Å². The van der Waals surface area contributed by atoms with Crippen molar-refractivity contribution in [2.75, 3.05) is 4.90 Å². The lowest BCUT2D eigenvalue weighted by molar-refractivity contribution is 0.200. The van der Waals surface area contributed by atoms with E-state index in [1.54, 1.807) is 0 Å². The van der Waals surface area contributed by atoms with Gasteiger partial charge in [0.05, 0.1) is 12.4 Å². The molecule has 0 aliphatic rings. The molecule has 9 aromatic carbocycles. The molecule has 1 N–H and O–H groups in total. The van der Waals surface area contributed by atoms with Gasteiger partial charge in [-0.1, -0.05) is 152 Å². The molecule has 56 heavy (non-hydrogen) atoms. The molecular formula is C53H41NO2. The second kappa shape index (κ2) is 15.4. The Bertz CT molecular complexity index is 2850. The third-order valence-corrected chi connectivity index (χ3v) is 10.6. The minimum absolute atomic E-state index is 0.106. The summed E-state index contributed by atoms with van der Waals surface area (Å²) in [7, 11) is 0. The minimum Gasteiger partial charge on any atom is -0.493 e. The number of hydrogen-bond donors (Lipinski definition) is 1. The van der Waals surface area contributed by atoms with Crippen LogP contribution in [0.15, 0.2) is 200 Å². The molecule has 0 amide bonds. The first-order valence-electron chi connectivity index (χ1n) is 19.1. The summed E-state index contributed by atoms with van der Waals surface area (Å²) in [6, 6.07) is 68.2. The number of ether oxygens (including phenoxy) is 1. The second-order valence-corrected chi connectivity index (χ2v) is 14.2. The van der Waals surface area contributed by atoms with E-state index in [4.69, 9.17) is 4.74 Å². The number of hydrogen-bond acceptors (Lipinski definition) is 3. The normalized spacial score (nSPS) is 11.6. The molecule has 0 unspecified atom stereocenters. The second-order valence-electron chi connectivity index (χ2n) is 14.2. The highest BCUT2D eigenvalue weighted by Crippen LogP contribution is 2.43. The van der Waals surface area contributed by atoms with E-state index in [0.717, 1.165) is 83.3 Å². The van der Waals surface area contributed by atoms with Gasteiger partial charge in [-0.25, -0.2) is 0 Å². The van der Waals surface area contributed by atoms with Crippen molar-refractivity contribution in [2.45, 2.75) is 20.1 Å². The molecular weight excluding hydrogens is 683 g/mol. The Morgan fingerprint density at radius 2 is 0.964 bits per heavy atom. The molecule has 0 aromatic heterocycles. The van der Waals surface area contributed by atoms with E-state index >= 15 is 0 Å². The number of anilines is 3. The van der Waals surface area contributed by atoms with Crippen LogP contribution in [0.3, 0.4) is 0 Å². The lowest BCUT2D eigenvalue weighted by atomic mass is 9.84. The Morgan fingerprint density at radius 1 is 0.482 bits per heavy atom. The maximum Gasteiger partial charge on any atom is 0.114 e. The van der Waals surface area contributed by atoms with Crippen LogP contribution in [0.4, 0.5) is 17.1 Å². The topological polar surface area (TPSA) is 32.7 Å². The Labute approximate surface area is 328 Å². The summed E-state index contributed by atoms with van der Waals surface area (Å²) in [6.07, 6.45) is 2.10. The van der Waals surface area contributed by atoms with Gasteiger partial charge in [-0.2, -0.15) is 0 Å². The molecule has 0 saturated heterocycles. The molecule has 0 aliphatic heterocycles. The van der Waals surface area contributed by atoms with Crippen LogP contribution in [-0.2, 0) is 18.0 Å². The van der Waals surface area contributed by atoms with Crippen molar-refractivity contribution in [2.24, 2.45) is 0 Å². The number of aliphatic hydroxyl groups is 1. The maximum atomic E-state index is 11.0. The molecule has 3 nitrogen and oxygen atoms in total. The van der Waals surface area contributed by atoms with Crippen molar-refractivity contribution in [3.05, 3.63) is 217 Å². The average molecular weight is 724 g/mol. The number of benzene rings is 9. The predicted molar refractivity (Wildman–Crippen MR) is 235 cm³/mol. The van der Waals surface area contributed by atoms with Gasteiger partial charge in [0.2, 0.25) is 0 Å². The third kappa shape index (κ3) is 6.81. The fourth-order valence-electron chi connectivity index (χ4n) is 8.03. The molecule has 0 atom stereocenters. The fourth-order valence-corrected chi connectivity index (χ4v) is 8.03. The minimum atomic E-state index is -0.106. The summed E-state index contributed by atoms with van der Waals surface area (Å²) in [5.41, 5.74) is 10.6. The van der Waals surface area contributed by atoms with Crippen LogP contribution in [0.1, 0.15) is 23.6 Å². The standard InChI is InChI=1S/C53H41NO2/c1-37(56-36-51-50(35-55)52(40-16-5-2-6-17-40)48-23-13-14-24-49(48)53(51)41-18-7-3-8-19-41)31-38-25-26-44-34-47(30-28-43(44)32-38)54(45-21-9-4-10-22-45)46-29-27-39-15-11-12-20-42(39)33-46/h2-34,55H,35-36H2,1H3. The summed E-state index contributed by atoms with van der Waals surface area (Å²) in [4.78, 5) is 2.32. The summed E-state index contributed by atoms with van der Waals surface area (Å²) in [5, 5.41) is 18.0. The van der Waals surface area contributed by atoms with E-state index in [2.05, 4.69) is 181 Å². The van der Waals surface area contributed by atoms with E-state index in [0.29, 0.717) is 6.61 Å². The first-order chi connectivity index (χ1) is 27.6. The molecule has 9 aromatic rings. The number of fused-ring (bicyclic) bond motifs is 3. The third-order valence-electron chi connectivity index (χ3n) is 10.6. The number of aliphatic hydroxyl groups excluding tert-OH is 1. The zero-order valence-corrected chi connectivity index (χ0v) is 31.3. The Hall–Kier alpha value is -6.94. The van der Waals surface area contributed by atoms with E-state index in [1.807, 2.05) is 31.2 Å². The fraction of sp³-hybridized carbons (Fsp3) is 0.0566. The summed E-state index contributed by atoms with van der Waals surface area (Å²) >= 11 is 0. The quantitative estimate of drug-likeness (QED) is 0.143. The van der Waals surface area contributed by atoms with Gasteiger partial charge in [0.25, 0.3) is 0 Å². The van der Waals surface area contributed by atoms with Crippen LogP contribution in [0.25, 0.3) is 60.6 Å². The molecule has 270 valence electrons. The largest absolute Gasteiger partial charge is 0.493 e. The molecule has 9 rings (SSSR count). The van der Waals surface area contributed by atoms with Gasteiger partial charge in [-0.3, -0.25) is 0 Å². The van der Waals surface area contributed by atoms with Gasteiger partial charge in [-0.05, 0) is 121 Å². The molecule has 3 heteroatoms. The predicted octanol–water partition coefficient (Wildman–Crippen LogP) is 14.0. The number of para-hydroxylation sites is 1. The van der Waals surface area contributed by atoms with E-state index in [-0.39, 0.29) is 6.61 Å². The van der Waals surface area contributed by atoms with Gasteiger partial charge in [0, 0.05) is 22.6 Å². The lowest BCUT2D eigenvalue weighted by Gasteiger charge is -2.26. The van der Waals surface area contributed by atoms with E-state index in [1.165, 1.54) is 10.8 Å². The van der Waals surface area contributed by atoms with E-state index in [9.17, 15) is 5.11 Å². The summed E-state index contributed by atoms with van der Waals surface area (Å²) in [5.74, 6) is 0.796. The molecule has 0 radical (unpaired) electrons. The molecule has 0 aliphatic carbocycles. The van der Waals surface area contributed by atoms with Crippen LogP contribution in [-0.4, -0.2) is 5.11 Å². The summed E-state index contributed by atoms with van der Waals surface area (Å²) < 4.78 is 6.61. The molecule has 0 bridgehead atoms. The Morgan fingerprint density at radius 3 is 1.59 bits per heavy atom. The van der Waals surface area contributed by atoms with Crippen molar-refractivity contribution >= 4 is 55.5 Å². The zero-order chi connectivity index (χ0) is 37.8. The van der Waals surface area contributed by atoms with Gasteiger partial charge in [-0.15, -0.1) is 0 Å². The molecule has 0 fully saturated rings. The maximum absolute atomic E-state index is 11.0. The zero-order valence-electron chi connectivity index (χ0n) is 31.3. The highest BCUT2D eigenvalue weighted by molar-refractivity contribution is 6.08. The van der Waals surface area contributed by atoms with Crippen molar-refractivity contribution in [3.63, 3.8) is 0 Å². The molecule has 0 saturated carbocycles. The van der Waals surface area contributed by atoms with E-state index < -0.39 is 0 Å². The van der Waals surface area contributed by atoms with Gasteiger partial charge >= 0.3 is 0 Å². The smallest absolute Gasteiger partial charge is 0.114 e. The first kappa shape index (κ1) is 34.8. The average Bonchev–Trinajstić information content (AvgIpc) is 3.26. The van der Waals surface area contributed by atoms with Gasteiger partial charge < -0.3 is 14.7 Å². The number of nitrogens with zero attached hydrogens (tertiary/aromatic N) is 1. The number of allylic oxidation sites excluding steroid dienone is 1. The van der Waals surface area contributed by atoms with Crippen LogP contribution >= 0.6 is 0 Å². The van der Waals surface area contributed by atoms with Crippen LogP contribution in [0, 0.1) is 0 Å². The first-order valence-corrected chi connectivity index (χ1v) is 19.1. The van der Waals surface area contributed by atoms with Crippen LogP contribution in [0.2, 0.25) is 0 Å². The highest BCUT2D eigenvalue weighted by atomic mass is 16.5. The van der Waals surface area contributed by atoms with Crippen LogP contribution < -0.4 is 4.90 Å². The van der Waals surface area contributed by atoms with Gasteiger partial charge in [0.15, 0.2) is 0 Å². The Kier molecular flexibility index (Phi) is 9.59. The summed E-state index contributed by atoms with van der Waals surface area (Å²) in [6.45, 7) is 2.22. The van der Waals surface area contributed by atoms with Crippen molar-refractivity contribution in [3.8, 4) is 22.3 Å². The van der Waals surface area contributed by atoms with Crippen molar-refractivity contribution in [1.82, 2.24) is 0 Å². The monoisotopic (exact) mass is 723 g/mol. The Balaban J connectivity index is 1.05. The number of rotatable bonds is 10. The molecule has 0 spiro atoms. The van der Waals surface area contributed by atoms with Crippen molar-refractivity contribution in [1.29, 1.82) is 0 Å². The highest BCUT2D eigenvalue weighted by Gasteiger charge is 2.21. The SMILES string of the molecule is CC(=Cc1ccc2cc(N(c3ccccc3)c3ccc4ccccc4c3)ccc2c1)OCc1c(CO)c(-c2ccccc2)c2ccccc2c1-c1ccccc1. The molecule has 0 heterocycles. The van der Waals surface area contributed by atoms with Crippen molar-refractivity contribution < 1.29 is 9.84 Å². The van der Waals surface area contributed by atoms with Crippen LogP contribution in [0.5, 0.6) is 0 Å².